The third kappa shape index (κ3) is 2.57. The Balaban J connectivity index is 1.75. The Hall–Kier alpha value is -2.17. The van der Waals surface area contributed by atoms with Gasteiger partial charge in [-0.3, -0.25) is 4.79 Å². The van der Waals surface area contributed by atoms with E-state index >= 15 is 0 Å². The summed E-state index contributed by atoms with van der Waals surface area (Å²) in [4.78, 5) is 14.1. The number of carbonyl (C=O) groups is 1. The van der Waals surface area contributed by atoms with Crippen LogP contribution in [-0.4, -0.2) is 34.1 Å². The lowest BCUT2D eigenvalue weighted by atomic mass is 9.99. The van der Waals surface area contributed by atoms with Crippen LogP contribution in [-0.2, 0) is 0 Å². The quantitative estimate of drug-likeness (QED) is 0.842. The SMILES string of the molecule is CC1CCN(C(=O)c2nnc(-c3ccccc3)o2)CC1. The minimum atomic E-state index is -0.161. The van der Waals surface area contributed by atoms with Gasteiger partial charge in [-0.25, -0.2) is 0 Å². The average molecular weight is 271 g/mol. The summed E-state index contributed by atoms with van der Waals surface area (Å²) in [7, 11) is 0. The minimum absolute atomic E-state index is 0.0819. The van der Waals surface area contributed by atoms with Crippen LogP contribution in [0, 0.1) is 5.92 Å². The number of likely N-dealkylation sites (tertiary alicyclic amines) is 1. The van der Waals surface area contributed by atoms with Crippen LogP contribution in [0.4, 0.5) is 0 Å². The number of piperidine rings is 1. The van der Waals surface area contributed by atoms with Gasteiger partial charge in [-0.1, -0.05) is 25.1 Å². The number of hydrogen-bond donors (Lipinski definition) is 0. The lowest BCUT2D eigenvalue weighted by Crippen LogP contribution is -2.38. The van der Waals surface area contributed by atoms with Gasteiger partial charge < -0.3 is 9.32 Å². The highest BCUT2D eigenvalue weighted by molar-refractivity contribution is 5.89. The number of carbonyl (C=O) groups excluding carboxylic acids is 1. The van der Waals surface area contributed by atoms with Crippen molar-refractivity contribution in [3.05, 3.63) is 36.2 Å². The first-order valence-electron chi connectivity index (χ1n) is 6.92. The molecule has 0 saturated carbocycles. The van der Waals surface area contributed by atoms with E-state index in [0.717, 1.165) is 31.5 Å². The number of nitrogens with zero attached hydrogens (tertiary/aromatic N) is 3. The molecule has 1 aromatic heterocycles. The molecule has 1 amide bonds. The van der Waals surface area contributed by atoms with Crippen LogP contribution in [0.15, 0.2) is 34.7 Å². The lowest BCUT2D eigenvalue weighted by molar-refractivity contribution is 0.0657. The Labute approximate surface area is 117 Å². The van der Waals surface area contributed by atoms with Crippen molar-refractivity contribution in [2.45, 2.75) is 19.8 Å². The Morgan fingerprint density at radius 1 is 1.20 bits per heavy atom. The Morgan fingerprint density at radius 2 is 1.90 bits per heavy atom. The van der Waals surface area contributed by atoms with Gasteiger partial charge in [-0.15, -0.1) is 10.2 Å². The first kappa shape index (κ1) is 12.8. The zero-order valence-corrected chi connectivity index (χ0v) is 11.5. The predicted molar refractivity (Wildman–Crippen MR) is 74.0 cm³/mol. The Bertz CT molecular complexity index is 586. The Kier molecular flexibility index (Phi) is 3.50. The molecule has 0 spiro atoms. The van der Waals surface area contributed by atoms with Gasteiger partial charge in [0.2, 0.25) is 5.89 Å². The van der Waals surface area contributed by atoms with Gasteiger partial charge in [0.15, 0.2) is 0 Å². The number of benzene rings is 1. The molecule has 0 atom stereocenters. The number of amides is 1. The summed E-state index contributed by atoms with van der Waals surface area (Å²) in [6, 6.07) is 9.47. The summed E-state index contributed by atoms with van der Waals surface area (Å²) >= 11 is 0. The maximum atomic E-state index is 12.3. The fourth-order valence-electron chi connectivity index (χ4n) is 2.35. The molecule has 1 saturated heterocycles. The molecule has 0 bridgehead atoms. The molecule has 1 aromatic carbocycles. The third-order valence-electron chi connectivity index (χ3n) is 3.70. The maximum Gasteiger partial charge on any atom is 0.311 e. The standard InChI is InChI=1S/C15H17N3O2/c1-11-7-9-18(10-8-11)15(19)14-17-16-13(20-14)12-5-3-2-4-6-12/h2-6,11H,7-10H2,1H3. The highest BCUT2D eigenvalue weighted by Gasteiger charge is 2.25. The summed E-state index contributed by atoms with van der Waals surface area (Å²) in [5.74, 6) is 0.992. The second-order valence-corrected chi connectivity index (χ2v) is 5.25. The van der Waals surface area contributed by atoms with E-state index in [1.54, 1.807) is 4.90 Å². The van der Waals surface area contributed by atoms with E-state index < -0.39 is 0 Å². The molecule has 1 aliphatic heterocycles. The second-order valence-electron chi connectivity index (χ2n) is 5.25. The first-order valence-corrected chi connectivity index (χ1v) is 6.92. The van der Waals surface area contributed by atoms with Gasteiger partial charge in [0.05, 0.1) is 0 Å². The molecular formula is C15H17N3O2. The molecule has 5 nitrogen and oxygen atoms in total. The minimum Gasteiger partial charge on any atom is -0.412 e. The summed E-state index contributed by atoms with van der Waals surface area (Å²) in [5.41, 5.74) is 0.825. The van der Waals surface area contributed by atoms with E-state index in [0.29, 0.717) is 11.8 Å². The van der Waals surface area contributed by atoms with Gasteiger partial charge in [-0.2, -0.15) is 0 Å². The summed E-state index contributed by atoms with van der Waals surface area (Å²) in [5, 5.41) is 7.83. The van der Waals surface area contributed by atoms with Gasteiger partial charge >= 0.3 is 11.8 Å². The van der Waals surface area contributed by atoms with E-state index in [2.05, 4.69) is 17.1 Å². The van der Waals surface area contributed by atoms with E-state index in [-0.39, 0.29) is 11.8 Å². The van der Waals surface area contributed by atoms with Crippen molar-refractivity contribution in [3.63, 3.8) is 0 Å². The average Bonchev–Trinajstić information content (AvgIpc) is 2.98. The molecule has 2 heterocycles. The van der Waals surface area contributed by atoms with E-state index in [9.17, 15) is 4.79 Å². The molecule has 1 fully saturated rings. The van der Waals surface area contributed by atoms with Crippen molar-refractivity contribution in [1.29, 1.82) is 0 Å². The Morgan fingerprint density at radius 3 is 2.60 bits per heavy atom. The van der Waals surface area contributed by atoms with Crippen molar-refractivity contribution < 1.29 is 9.21 Å². The smallest absolute Gasteiger partial charge is 0.311 e. The van der Waals surface area contributed by atoms with Crippen molar-refractivity contribution in [2.75, 3.05) is 13.1 Å². The summed E-state index contributed by atoms with van der Waals surface area (Å²) < 4.78 is 5.50. The van der Waals surface area contributed by atoms with Crippen molar-refractivity contribution in [3.8, 4) is 11.5 Å². The van der Waals surface area contributed by atoms with Gasteiger partial charge in [-0.05, 0) is 30.9 Å². The fourth-order valence-corrected chi connectivity index (χ4v) is 2.35. The maximum absolute atomic E-state index is 12.3. The van der Waals surface area contributed by atoms with Crippen LogP contribution >= 0.6 is 0 Å². The lowest BCUT2D eigenvalue weighted by Gasteiger charge is -2.29. The predicted octanol–water partition coefficient (Wildman–Crippen LogP) is 2.61. The van der Waals surface area contributed by atoms with E-state index in [1.165, 1.54) is 0 Å². The van der Waals surface area contributed by atoms with Crippen LogP contribution in [0.3, 0.4) is 0 Å². The van der Waals surface area contributed by atoms with Gasteiger partial charge in [0.25, 0.3) is 0 Å². The fraction of sp³-hybridized carbons (Fsp3) is 0.400. The molecule has 0 radical (unpaired) electrons. The summed E-state index contributed by atoms with van der Waals surface area (Å²) in [6.07, 6.45) is 2.07. The van der Waals surface area contributed by atoms with Gasteiger partial charge in [0, 0.05) is 18.7 Å². The van der Waals surface area contributed by atoms with Gasteiger partial charge in [0.1, 0.15) is 0 Å². The molecule has 104 valence electrons. The number of rotatable bonds is 2. The highest BCUT2D eigenvalue weighted by Crippen LogP contribution is 2.20. The largest absolute Gasteiger partial charge is 0.412 e. The second kappa shape index (κ2) is 5.45. The van der Waals surface area contributed by atoms with Crippen molar-refractivity contribution in [2.24, 2.45) is 5.92 Å². The van der Waals surface area contributed by atoms with Crippen LogP contribution < -0.4 is 0 Å². The van der Waals surface area contributed by atoms with E-state index in [4.69, 9.17) is 4.42 Å². The summed E-state index contributed by atoms with van der Waals surface area (Å²) in [6.45, 7) is 3.74. The number of hydrogen-bond acceptors (Lipinski definition) is 4. The molecule has 5 heteroatoms. The third-order valence-corrected chi connectivity index (χ3v) is 3.70. The molecule has 20 heavy (non-hydrogen) atoms. The topological polar surface area (TPSA) is 59.2 Å². The van der Waals surface area contributed by atoms with Crippen LogP contribution in [0.2, 0.25) is 0 Å². The molecule has 0 aliphatic carbocycles. The van der Waals surface area contributed by atoms with Crippen molar-refractivity contribution in [1.82, 2.24) is 15.1 Å². The highest BCUT2D eigenvalue weighted by atomic mass is 16.4. The van der Waals surface area contributed by atoms with Crippen LogP contribution in [0.5, 0.6) is 0 Å². The molecule has 1 aliphatic rings. The van der Waals surface area contributed by atoms with E-state index in [1.807, 2.05) is 30.3 Å². The number of aromatic nitrogens is 2. The van der Waals surface area contributed by atoms with Crippen LogP contribution in [0.1, 0.15) is 30.5 Å². The first-order chi connectivity index (χ1) is 9.74. The zero-order valence-electron chi connectivity index (χ0n) is 11.5. The zero-order chi connectivity index (χ0) is 13.9. The molecule has 0 unspecified atom stereocenters. The molecule has 2 aromatic rings. The molecule has 0 N–H and O–H groups in total. The normalized spacial score (nSPS) is 16.4. The molecule has 3 rings (SSSR count). The molecular weight excluding hydrogens is 254 g/mol. The van der Waals surface area contributed by atoms with Crippen molar-refractivity contribution >= 4 is 5.91 Å². The van der Waals surface area contributed by atoms with Crippen LogP contribution in [0.25, 0.3) is 11.5 Å². The monoisotopic (exact) mass is 271 g/mol.